The molecule has 0 bridgehead atoms. The Hall–Kier alpha value is -5.49. The average molecular weight is 918 g/mol. The number of terminal acetylenes is 2. The van der Waals surface area contributed by atoms with Gasteiger partial charge in [-0.1, -0.05) is 50.0 Å². The van der Waals surface area contributed by atoms with E-state index in [4.69, 9.17) is 61.9 Å². The molecule has 2 aliphatic carbocycles. The molecule has 2 aliphatic heterocycles. The highest BCUT2D eigenvalue weighted by molar-refractivity contribution is 6.64. The van der Waals surface area contributed by atoms with Crippen LogP contribution in [0.3, 0.4) is 0 Å². The first-order valence-electron chi connectivity index (χ1n) is 19.9. The molecule has 62 heavy (non-hydrogen) atoms. The number of halogens is 3. The summed E-state index contributed by atoms with van der Waals surface area (Å²) in [4.78, 5) is 48.8. The number of esters is 1. The fourth-order valence-electron chi connectivity index (χ4n) is 7.58. The molecule has 0 radical (unpaired) electrons. The van der Waals surface area contributed by atoms with E-state index in [1.54, 1.807) is 71.9 Å². The minimum atomic E-state index is -0.831. The minimum Gasteiger partial charge on any atom is -0.509 e. The Labute approximate surface area is 391 Å². The summed E-state index contributed by atoms with van der Waals surface area (Å²) in [5.41, 5.74) is 1.88. The van der Waals surface area contributed by atoms with E-state index >= 15 is 0 Å². The van der Waals surface area contributed by atoms with Crippen LogP contribution in [-0.2, 0) is 33.4 Å². The number of aliphatic hydroxyl groups is 1. The van der Waals surface area contributed by atoms with Gasteiger partial charge in [0.25, 0.3) is 11.8 Å². The first kappa shape index (κ1) is 49.2. The van der Waals surface area contributed by atoms with Crippen LogP contribution in [0.4, 0.5) is 0 Å². The largest absolute Gasteiger partial charge is 0.509 e. The smallest absolute Gasteiger partial charge is 0.316 e. The Bertz CT molecular complexity index is 2450. The number of hydrogen-bond donors (Lipinski definition) is 3. The molecule has 2 aromatic carbocycles. The summed E-state index contributed by atoms with van der Waals surface area (Å²) in [6, 6.07) is 8.85. The topological polar surface area (TPSA) is 140 Å². The van der Waals surface area contributed by atoms with Crippen LogP contribution in [0.5, 0.6) is 0 Å². The average Bonchev–Trinajstić information content (AvgIpc) is 3.89. The van der Waals surface area contributed by atoms with Crippen LogP contribution >= 0.6 is 34.8 Å². The van der Waals surface area contributed by atoms with Gasteiger partial charge in [-0.25, -0.2) is 0 Å². The Kier molecular flexibility index (Phi) is 15.6. The molecule has 2 spiro atoms. The second kappa shape index (κ2) is 19.7. The quantitative estimate of drug-likeness (QED) is 0.153. The second-order valence-electron chi connectivity index (χ2n) is 17.7. The first-order valence-corrected chi connectivity index (χ1v) is 21.0. The van der Waals surface area contributed by atoms with Crippen LogP contribution in [0.1, 0.15) is 119 Å². The van der Waals surface area contributed by atoms with Crippen LogP contribution in [0.15, 0.2) is 41.9 Å². The van der Waals surface area contributed by atoms with Crippen molar-refractivity contribution in [1.29, 1.82) is 0 Å². The molecule has 4 aliphatic rings. The number of carbonyl (C=O) groups excluding carboxylic acids is 4. The van der Waals surface area contributed by atoms with Crippen molar-refractivity contribution in [2.45, 2.75) is 124 Å². The van der Waals surface area contributed by atoms with Crippen molar-refractivity contribution in [3.8, 4) is 48.7 Å². The third kappa shape index (κ3) is 11.3. The van der Waals surface area contributed by atoms with E-state index in [1.165, 1.54) is 0 Å². The van der Waals surface area contributed by atoms with Crippen molar-refractivity contribution >= 4 is 69.0 Å². The second-order valence-corrected chi connectivity index (χ2v) is 19.0. The number of benzene rings is 2. The summed E-state index contributed by atoms with van der Waals surface area (Å²) < 4.78 is 16.9. The summed E-state index contributed by atoms with van der Waals surface area (Å²) in [5.74, 6) is 8.68. The van der Waals surface area contributed by atoms with Crippen molar-refractivity contribution in [2.75, 3.05) is 0 Å². The molecule has 6 rings (SSSR count). The van der Waals surface area contributed by atoms with Gasteiger partial charge in [0.1, 0.15) is 47.0 Å². The van der Waals surface area contributed by atoms with Crippen molar-refractivity contribution in [1.82, 2.24) is 10.6 Å². The lowest BCUT2D eigenvalue weighted by atomic mass is 9.90. The van der Waals surface area contributed by atoms with Gasteiger partial charge in [-0.3, -0.25) is 19.2 Å². The van der Waals surface area contributed by atoms with Gasteiger partial charge >= 0.3 is 5.97 Å². The minimum absolute atomic E-state index is 0. The van der Waals surface area contributed by atoms with Crippen LogP contribution < -0.4 is 10.6 Å². The van der Waals surface area contributed by atoms with Crippen LogP contribution in [0.25, 0.3) is 11.1 Å². The molecule has 2 heterocycles. The first-order chi connectivity index (χ1) is 28.9. The van der Waals surface area contributed by atoms with Gasteiger partial charge in [-0.05, 0) is 143 Å². The molecule has 10 nitrogen and oxygen atoms in total. The zero-order valence-corrected chi connectivity index (χ0v) is 38.6. The van der Waals surface area contributed by atoms with Gasteiger partial charge in [-0.15, -0.1) is 12.8 Å². The van der Waals surface area contributed by atoms with Gasteiger partial charge in [0.2, 0.25) is 5.24 Å². The number of aliphatic hydroxyl groups excluding tert-OH is 1. The lowest BCUT2D eigenvalue weighted by Gasteiger charge is -2.28. The molecule has 4 unspecified atom stereocenters. The van der Waals surface area contributed by atoms with Crippen molar-refractivity contribution in [3.05, 3.63) is 79.7 Å². The predicted molar refractivity (Wildman–Crippen MR) is 259 cm³/mol. The van der Waals surface area contributed by atoms with E-state index < -0.39 is 22.5 Å². The molecule has 2 fully saturated rings. The zero-order valence-electron chi connectivity index (χ0n) is 36.4. The summed E-state index contributed by atoms with van der Waals surface area (Å²) >= 11 is 17.3. The van der Waals surface area contributed by atoms with Crippen molar-refractivity contribution in [2.24, 2.45) is 10.8 Å². The number of nitrogens with one attached hydrogen (secondary N) is 2. The third-order valence-corrected chi connectivity index (χ3v) is 11.8. The monoisotopic (exact) mass is 916 g/mol. The maximum atomic E-state index is 13.1. The van der Waals surface area contributed by atoms with E-state index in [-0.39, 0.29) is 51.9 Å². The normalized spacial score (nSPS) is 22.4. The van der Waals surface area contributed by atoms with Crippen molar-refractivity contribution in [3.63, 3.8) is 0 Å². The zero-order chi connectivity index (χ0) is 46.4. The maximum absolute atomic E-state index is 13.1. The van der Waals surface area contributed by atoms with E-state index in [0.29, 0.717) is 71.0 Å². The number of ether oxygens (including phenoxy) is 3. The van der Waals surface area contributed by atoms with E-state index in [1.807, 2.05) is 20.8 Å². The highest BCUT2D eigenvalue weighted by atomic mass is 35.5. The number of aryl methyl sites for hydroxylation is 3. The molecular formula is C49H67Cl3N2O8. The fourth-order valence-corrected chi connectivity index (χ4v) is 8.14. The molecule has 0 aromatic heterocycles. The molecule has 2 aromatic rings. The van der Waals surface area contributed by atoms with E-state index in [9.17, 15) is 24.3 Å². The summed E-state index contributed by atoms with van der Waals surface area (Å²) in [6.45, 7) is 16.3. The highest BCUT2D eigenvalue weighted by Gasteiger charge is 2.54. The van der Waals surface area contributed by atoms with Gasteiger partial charge in [-0.2, -0.15) is 0 Å². The SMILES string of the molecule is C#CC#COC1CCC2(C1)NC(=O)C(c1c(C)cc(Cl)cc1C)=C2O.C#CC#COC1CCC2(C1)NC(=O)C(c1ccc(Cl)cc1C)=C2OC(=O)C(C)(C)C.CC(C)(C)C(=O)Cl.[HH].[HH].[HH].[HH].[HH].[HH].[HH].[HH]. The van der Waals surface area contributed by atoms with Crippen molar-refractivity contribution < 1.29 is 49.9 Å². The molecule has 342 valence electrons. The van der Waals surface area contributed by atoms with Gasteiger partial charge in [0.05, 0.1) is 16.6 Å². The molecule has 13 heteroatoms. The van der Waals surface area contributed by atoms with E-state index in [0.717, 1.165) is 22.3 Å². The Morgan fingerprint density at radius 2 is 1.24 bits per heavy atom. The van der Waals surface area contributed by atoms with Crippen LogP contribution in [-0.4, -0.2) is 51.4 Å². The summed E-state index contributed by atoms with van der Waals surface area (Å²) in [5, 5.41) is 17.8. The van der Waals surface area contributed by atoms with Gasteiger partial charge < -0.3 is 30.0 Å². The molecule has 2 amide bonds. The number of amides is 2. The molecular weight excluding hydrogens is 851 g/mol. The number of carbonyl (C=O) groups is 4. The van der Waals surface area contributed by atoms with E-state index in [2.05, 4.69) is 46.5 Å². The number of rotatable bonds is 5. The van der Waals surface area contributed by atoms with Gasteiger partial charge in [0.15, 0.2) is 0 Å². The summed E-state index contributed by atoms with van der Waals surface area (Å²) in [6.07, 6.45) is 18.1. The molecule has 2 saturated carbocycles. The summed E-state index contributed by atoms with van der Waals surface area (Å²) in [7, 11) is 0. The highest BCUT2D eigenvalue weighted by Crippen LogP contribution is 2.47. The van der Waals surface area contributed by atoms with Crippen LogP contribution in [0, 0.1) is 80.3 Å². The Morgan fingerprint density at radius 3 is 1.73 bits per heavy atom. The Balaban J connectivity index is -0.000000324. The molecule has 3 N–H and O–H groups in total. The Morgan fingerprint density at radius 1 is 0.774 bits per heavy atom. The standard InChI is InChI=1S/C24H24ClNO4.C20H18ClNO3.C5H9ClO.8H2/c1-6-7-12-29-17-10-11-24(14-17)20(30-22(28)23(3,4)5)19(21(27)26-24)18-9-8-16(25)13-15(18)2;1-4-5-8-25-15-6-7-20(11-15)18(23)17(19(24)22-20)16-12(2)9-14(21)10-13(16)3;1-5(2,3)4(6)7;;;;;;;;/h1,8-9,13,17H,10-11,14H2,2-5H3,(H,26,27);1,9-10,15,23H,6-7,11H2,2-3H3,(H,22,24);1-3H3;8*1H. The van der Waals surface area contributed by atoms with Crippen LogP contribution in [0.2, 0.25) is 10.0 Å². The van der Waals surface area contributed by atoms with Gasteiger partial charge in [0, 0.05) is 51.6 Å². The lowest BCUT2D eigenvalue weighted by molar-refractivity contribution is -0.149. The molecule has 4 atom stereocenters. The third-order valence-electron chi connectivity index (χ3n) is 10.7. The predicted octanol–water partition coefficient (Wildman–Crippen LogP) is 11.0. The lowest BCUT2D eigenvalue weighted by Crippen LogP contribution is -2.44. The number of hydrogen-bond acceptors (Lipinski definition) is 8. The fraction of sp³-hybridized carbons (Fsp3) is 0.429. The maximum Gasteiger partial charge on any atom is 0.316 e. The molecule has 0 saturated heterocycles.